The lowest BCUT2D eigenvalue weighted by molar-refractivity contribution is 0.0710. The summed E-state index contributed by atoms with van der Waals surface area (Å²) in [6.45, 7) is 3.93. The molecule has 2 rings (SSSR count). The van der Waals surface area contributed by atoms with E-state index in [-0.39, 0.29) is 29.3 Å². The number of carbonyl (C=O) groups is 1. The summed E-state index contributed by atoms with van der Waals surface area (Å²) >= 11 is 1.18. The fourth-order valence-corrected chi connectivity index (χ4v) is 4.37. The molecule has 1 aromatic rings. The average Bonchev–Trinajstić information content (AvgIpc) is 2.87. The first-order valence-corrected chi connectivity index (χ1v) is 8.68. The smallest absolute Gasteiger partial charge is 0.265 e. The molecule has 120 valence electrons. The van der Waals surface area contributed by atoms with E-state index < -0.39 is 10.0 Å². The van der Waals surface area contributed by atoms with Gasteiger partial charge in [-0.3, -0.25) is 4.79 Å². The van der Waals surface area contributed by atoms with Gasteiger partial charge in [0.2, 0.25) is 10.0 Å². The van der Waals surface area contributed by atoms with Crippen LogP contribution in [0.3, 0.4) is 0 Å². The fraction of sp³-hybridized carbons (Fsp3) is 0.583. The number of amides is 1. The van der Waals surface area contributed by atoms with Crippen LogP contribution in [0.4, 0.5) is 0 Å². The van der Waals surface area contributed by atoms with Gasteiger partial charge in [0.1, 0.15) is 9.77 Å². The van der Waals surface area contributed by atoms with E-state index in [4.69, 9.17) is 0 Å². The molecule has 1 aromatic heterocycles. The van der Waals surface area contributed by atoms with Crippen LogP contribution >= 0.6 is 23.7 Å². The largest absolute Gasteiger partial charge is 0.335 e. The van der Waals surface area contributed by atoms with Crippen LogP contribution in [0.1, 0.15) is 16.6 Å². The lowest BCUT2D eigenvalue weighted by atomic mass is 10.2. The molecule has 1 N–H and O–H groups in total. The summed E-state index contributed by atoms with van der Waals surface area (Å²) in [6.07, 6.45) is 0. The normalized spacial score (nSPS) is 19.4. The topological polar surface area (TPSA) is 69.7 Å². The SMILES string of the molecule is CC1CN(C(=O)c2sccc2S(=O)(=O)N(C)C)CCN1.Cl. The molecular weight excluding hydrogens is 334 g/mol. The minimum absolute atomic E-state index is 0. The Balaban J connectivity index is 0.00000220. The van der Waals surface area contributed by atoms with Crippen molar-refractivity contribution in [3.8, 4) is 0 Å². The van der Waals surface area contributed by atoms with Crippen molar-refractivity contribution in [2.24, 2.45) is 0 Å². The van der Waals surface area contributed by atoms with E-state index in [2.05, 4.69) is 5.32 Å². The minimum Gasteiger partial charge on any atom is -0.335 e. The van der Waals surface area contributed by atoms with Gasteiger partial charge in [-0.05, 0) is 18.4 Å². The molecule has 0 saturated carbocycles. The molecule has 1 unspecified atom stereocenters. The van der Waals surface area contributed by atoms with Crippen LogP contribution in [0.25, 0.3) is 0 Å². The van der Waals surface area contributed by atoms with Crippen LogP contribution in [0.2, 0.25) is 0 Å². The third kappa shape index (κ3) is 3.75. The lowest BCUT2D eigenvalue weighted by Crippen LogP contribution is -2.51. The summed E-state index contributed by atoms with van der Waals surface area (Å²) < 4.78 is 25.6. The second kappa shape index (κ2) is 7.06. The molecule has 0 radical (unpaired) electrons. The summed E-state index contributed by atoms with van der Waals surface area (Å²) in [6, 6.07) is 1.72. The third-order valence-corrected chi connectivity index (χ3v) is 6.13. The highest BCUT2D eigenvalue weighted by atomic mass is 35.5. The van der Waals surface area contributed by atoms with Crippen LogP contribution in [0, 0.1) is 0 Å². The Hall–Kier alpha value is -0.670. The monoisotopic (exact) mass is 353 g/mol. The highest BCUT2D eigenvalue weighted by Crippen LogP contribution is 2.25. The van der Waals surface area contributed by atoms with Gasteiger partial charge in [0.15, 0.2) is 0 Å². The van der Waals surface area contributed by atoms with Gasteiger partial charge in [0, 0.05) is 39.8 Å². The highest BCUT2D eigenvalue weighted by molar-refractivity contribution is 7.89. The molecule has 1 atom stereocenters. The summed E-state index contributed by atoms with van der Waals surface area (Å²) in [5, 5.41) is 4.91. The van der Waals surface area contributed by atoms with Gasteiger partial charge in [-0.15, -0.1) is 23.7 Å². The maximum Gasteiger partial charge on any atom is 0.265 e. The number of thiophene rings is 1. The fourth-order valence-electron chi connectivity index (χ4n) is 2.11. The Morgan fingerprint density at radius 1 is 1.48 bits per heavy atom. The van der Waals surface area contributed by atoms with Gasteiger partial charge in [0.25, 0.3) is 5.91 Å². The van der Waals surface area contributed by atoms with Gasteiger partial charge in [-0.1, -0.05) is 0 Å². The standard InChI is InChI=1S/C12H19N3O3S2.ClH/c1-9-8-15(6-5-13-9)12(16)11-10(4-7-19-11)20(17,18)14(2)3;/h4,7,9,13H,5-6,8H2,1-3H3;1H. The van der Waals surface area contributed by atoms with E-state index in [0.29, 0.717) is 18.0 Å². The summed E-state index contributed by atoms with van der Waals surface area (Å²) in [7, 11) is -0.648. The first-order chi connectivity index (χ1) is 9.34. The third-order valence-electron chi connectivity index (χ3n) is 3.24. The summed E-state index contributed by atoms with van der Waals surface area (Å²) in [5.74, 6) is -0.200. The van der Waals surface area contributed by atoms with Crippen LogP contribution in [0.15, 0.2) is 16.3 Å². The van der Waals surface area contributed by atoms with E-state index in [1.54, 1.807) is 10.3 Å². The van der Waals surface area contributed by atoms with Crippen molar-refractivity contribution in [2.75, 3.05) is 33.7 Å². The summed E-state index contributed by atoms with van der Waals surface area (Å²) in [5.41, 5.74) is 0. The molecular formula is C12H20ClN3O3S2. The highest BCUT2D eigenvalue weighted by Gasteiger charge is 2.30. The number of carbonyl (C=O) groups excluding carboxylic acids is 1. The molecule has 0 bridgehead atoms. The Morgan fingerprint density at radius 2 is 2.14 bits per heavy atom. The van der Waals surface area contributed by atoms with Crippen molar-refractivity contribution in [1.82, 2.24) is 14.5 Å². The number of halogens is 1. The Labute approximate surface area is 135 Å². The lowest BCUT2D eigenvalue weighted by Gasteiger charge is -2.31. The van der Waals surface area contributed by atoms with Crippen LogP contribution in [0.5, 0.6) is 0 Å². The zero-order chi connectivity index (χ0) is 14.9. The number of hydrogen-bond donors (Lipinski definition) is 1. The van der Waals surface area contributed by atoms with Crippen molar-refractivity contribution in [3.63, 3.8) is 0 Å². The molecule has 1 fully saturated rings. The number of nitrogens with zero attached hydrogens (tertiary/aromatic N) is 2. The first-order valence-electron chi connectivity index (χ1n) is 6.36. The molecule has 21 heavy (non-hydrogen) atoms. The average molecular weight is 354 g/mol. The second-order valence-corrected chi connectivity index (χ2v) is 8.04. The Kier molecular flexibility index (Phi) is 6.18. The van der Waals surface area contributed by atoms with Gasteiger partial charge < -0.3 is 10.2 Å². The van der Waals surface area contributed by atoms with Crippen molar-refractivity contribution in [3.05, 3.63) is 16.3 Å². The number of sulfonamides is 1. The van der Waals surface area contributed by atoms with Gasteiger partial charge in [-0.2, -0.15) is 0 Å². The van der Waals surface area contributed by atoms with Crippen molar-refractivity contribution in [2.45, 2.75) is 17.9 Å². The van der Waals surface area contributed by atoms with E-state index in [9.17, 15) is 13.2 Å². The van der Waals surface area contributed by atoms with Crippen LogP contribution in [-0.4, -0.2) is 63.3 Å². The number of piperazine rings is 1. The molecule has 0 aliphatic carbocycles. The molecule has 0 spiro atoms. The molecule has 1 amide bonds. The molecule has 2 heterocycles. The first kappa shape index (κ1) is 18.4. The van der Waals surface area contributed by atoms with Crippen molar-refractivity contribution in [1.29, 1.82) is 0 Å². The van der Waals surface area contributed by atoms with Gasteiger partial charge in [0.05, 0.1) is 0 Å². The molecule has 0 aromatic carbocycles. The van der Waals surface area contributed by atoms with E-state index in [0.717, 1.165) is 10.8 Å². The second-order valence-electron chi connectivity index (χ2n) is 5.01. The zero-order valence-corrected chi connectivity index (χ0v) is 14.6. The minimum atomic E-state index is -3.58. The predicted molar refractivity (Wildman–Crippen MR) is 85.8 cm³/mol. The summed E-state index contributed by atoms with van der Waals surface area (Å²) in [4.78, 5) is 14.6. The van der Waals surface area contributed by atoms with Gasteiger partial charge >= 0.3 is 0 Å². The number of nitrogens with one attached hydrogen (secondary N) is 1. The quantitative estimate of drug-likeness (QED) is 0.874. The predicted octanol–water partition coefficient (Wildman–Crippen LogP) is 0.854. The maximum absolute atomic E-state index is 12.5. The molecule has 9 heteroatoms. The van der Waals surface area contributed by atoms with Crippen LogP contribution in [-0.2, 0) is 10.0 Å². The van der Waals surface area contributed by atoms with E-state index in [1.165, 1.54) is 31.5 Å². The molecule has 6 nitrogen and oxygen atoms in total. The Bertz CT molecular complexity index is 601. The zero-order valence-electron chi connectivity index (χ0n) is 12.2. The molecule has 1 aliphatic heterocycles. The maximum atomic E-state index is 12.5. The van der Waals surface area contributed by atoms with Crippen molar-refractivity contribution >= 4 is 39.7 Å². The van der Waals surface area contributed by atoms with E-state index in [1.807, 2.05) is 6.92 Å². The number of rotatable bonds is 3. The van der Waals surface area contributed by atoms with E-state index >= 15 is 0 Å². The molecule has 1 aliphatic rings. The Morgan fingerprint density at radius 3 is 2.71 bits per heavy atom. The van der Waals surface area contributed by atoms with Gasteiger partial charge in [-0.25, -0.2) is 12.7 Å². The number of hydrogen-bond acceptors (Lipinski definition) is 5. The molecule has 1 saturated heterocycles. The van der Waals surface area contributed by atoms with Crippen LogP contribution < -0.4 is 5.32 Å². The van der Waals surface area contributed by atoms with Crippen molar-refractivity contribution < 1.29 is 13.2 Å².